The van der Waals surface area contributed by atoms with Crippen LogP contribution in [0.5, 0.6) is 5.75 Å². The van der Waals surface area contributed by atoms with Crippen LogP contribution in [-0.4, -0.2) is 60.9 Å². The Balaban J connectivity index is 1.34. The number of ether oxygens (including phenoxy) is 1. The predicted molar refractivity (Wildman–Crippen MR) is 121 cm³/mol. The molecule has 1 saturated heterocycles. The molecular weight excluding hydrogens is 409 g/mol. The van der Waals surface area contributed by atoms with Gasteiger partial charge in [0.25, 0.3) is 5.91 Å². The number of piperidine rings is 1. The van der Waals surface area contributed by atoms with E-state index in [0.717, 1.165) is 37.1 Å². The summed E-state index contributed by atoms with van der Waals surface area (Å²) in [6, 6.07) is 10.8. The summed E-state index contributed by atoms with van der Waals surface area (Å²) in [7, 11) is 1.68. The van der Waals surface area contributed by atoms with Crippen molar-refractivity contribution in [2.24, 2.45) is 0 Å². The number of fused-ring (bicyclic) bond motifs is 1. The molecular formula is C25H30FN3O3. The van der Waals surface area contributed by atoms with Gasteiger partial charge in [0.05, 0.1) is 6.54 Å². The summed E-state index contributed by atoms with van der Waals surface area (Å²) < 4.78 is 20.6. The van der Waals surface area contributed by atoms with E-state index in [1.807, 2.05) is 29.2 Å². The second-order valence-electron chi connectivity index (χ2n) is 8.54. The number of carbonyl (C=O) groups excluding carboxylic acids is 2. The summed E-state index contributed by atoms with van der Waals surface area (Å²) in [5.74, 6) is 0.404. The summed E-state index contributed by atoms with van der Waals surface area (Å²) in [4.78, 5) is 27.9. The highest BCUT2D eigenvalue weighted by atomic mass is 19.1. The number of rotatable bonds is 7. The second kappa shape index (κ2) is 9.69. The van der Waals surface area contributed by atoms with Crippen LogP contribution in [0, 0.1) is 5.82 Å². The monoisotopic (exact) mass is 439 g/mol. The molecule has 0 spiro atoms. The summed E-state index contributed by atoms with van der Waals surface area (Å²) in [6.45, 7) is 5.04. The molecule has 2 aromatic rings. The van der Waals surface area contributed by atoms with Crippen LogP contribution in [0.15, 0.2) is 36.4 Å². The van der Waals surface area contributed by atoms with Crippen molar-refractivity contribution in [3.05, 3.63) is 53.3 Å². The number of hydrogen-bond donors (Lipinski definition) is 1. The zero-order valence-electron chi connectivity index (χ0n) is 18.7. The highest BCUT2D eigenvalue weighted by molar-refractivity contribution is 5.99. The molecule has 170 valence electrons. The average Bonchev–Trinajstić information content (AvgIpc) is 3.09. The molecule has 2 amide bonds. The van der Waals surface area contributed by atoms with Crippen molar-refractivity contribution in [2.45, 2.75) is 38.8 Å². The van der Waals surface area contributed by atoms with Crippen molar-refractivity contribution < 1.29 is 18.7 Å². The molecule has 2 aromatic carbocycles. The van der Waals surface area contributed by atoms with E-state index in [4.69, 9.17) is 4.74 Å². The topological polar surface area (TPSA) is 61.9 Å². The Morgan fingerprint density at radius 3 is 2.56 bits per heavy atom. The predicted octanol–water partition coefficient (Wildman–Crippen LogP) is 3.45. The van der Waals surface area contributed by atoms with Crippen molar-refractivity contribution in [1.82, 2.24) is 15.1 Å². The maximum absolute atomic E-state index is 14.5. The van der Waals surface area contributed by atoms with Gasteiger partial charge in [0.15, 0.2) is 0 Å². The van der Waals surface area contributed by atoms with Crippen LogP contribution in [0.4, 0.5) is 4.39 Å². The molecule has 0 atom stereocenters. The van der Waals surface area contributed by atoms with Crippen molar-refractivity contribution in [2.75, 3.05) is 33.2 Å². The molecule has 0 aromatic heterocycles. The van der Waals surface area contributed by atoms with Crippen molar-refractivity contribution in [1.29, 1.82) is 0 Å². The van der Waals surface area contributed by atoms with E-state index in [1.54, 1.807) is 13.1 Å². The molecule has 0 aliphatic carbocycles. The van der Waals surface area contributed by atoms with Crippen molar-refractivity contribution in [3.8, 4) is 16.9 Å². The third-order valence-corrected chi connectivity index (χ3v) is 6.16. The standard InChI is InChI=1S/C25H30FN3O3/c1-3-10-27-15-24(30)29-11-8-20(9-12-29)32-19-6-4-17(5-7-19)18-13-21-22(23(26)14-18)16-28(2)25(21)31/h4-7,13-14,20,27H,3,8-12,15-16H2,1-2H3. The maximum Gasteiger partial charge on any atom is 0.254 e. The van der Waals surface area contributed by atoms with E-state index in [-0.39, 0.29) is 23.7 Å². The third-order valence-electron chi connectivity index (χ3n) is 6.16. The number of carbonyl (C=O) groups is 2. The van der Waals surface area contributed by atoms with E-state index >= 15 is 0 Å². The number of hydrogen-bond acceptors (Lipinski definition) is 4. The van der Waals surface area contributed by atoms with E-state index in [0.29, 0.717) is 42.9 Å². The van der Waals surface area contributed by atoms with Crippen molar-refractivity contribution in [3.63, 3.8) is 0 Å². The summed E-state index contributed by atoms with van der Waals surface area (Å²) in [5.41, 5.74) is 2.42. The summed E-state index contributed by atoms with van der Waals surface area (Å²) >= 11 is 0. The lowest BCUT2D eigenvalue weighted by atomic mass is 9.99. The Morgan fingerprint density at radius 1 is 1.16 bits per heavy atom. The molecule has 7 heteroatoms. The van der Waals surface area contributed by atoms with Gasteiger partial charge >= 0.3 is 0 Å². The summed E-state index contributed by atoms with van der Waals surface area (Å²) in [5, 5.41) is 3.16. The zero-order chi connectivity index (χ0) is 22.7. The number of benzene rings is 2. The fraction of sp³-hybridized carbons (Fsp3) is 0.440. The van der Waals surface area contributed by atoms with Crippen LogP contribution in [0.25, 0.3) is 11.1 Å². The SMILES string of the molecule is CCCNCC(=O)N1CCC(Oc2ccc(-c3cc(F)c4c(c3)C(=O)N(C)C4)cc2)CC1. The van der Waals surface area contributed by atoms with Gasteiger partial charge in [0.2, 0.25) is 5.91 Å². The highest BCUT2D eigenvalue weighted by Crippen LogP contribution is 2.31. The third kappa shape index (κ3) is 4.78. The van der Waals surface area contributed by atoms with Gasteiger partial charge < -0.3 is 19.9 Å². The zero-order valence-corrected chi connectivity index (χ0v) is 18.7. The minimum Gasteiger partial charge on any atom is -0.490 e. The van der Waals surface area contributed by atoms with E-state index in [9.17, 15) is 14.0 Å². The molecule has 4 rings (SSSR count). The number of halogens is 1. The Hall–Kier alpha value is -2.93. The van der Waals surface area contributed by atoms with Crippen LogP contribution >= 0.6 is 0 Å². The van der Waals surface area contributed by atoms with Gasteiger partial charge in [-0.2, -0.15) is 0 Å². The molecule has 0 bridgehead atoms. The largest absolute Gasteiger partial charge is 0.490 e. The van der Waals surface area contributed by atoms with Gasteiger partial charge in [-0.3, -0.25) is 9.59 Å². The number of nitrogens with one attached hydrogen (secondary N) is 1. The Labute approximate surface area is 188 Å². The molecule has 6 nitrogen and oxygen atoms in total. The van der Waals surface area contributed by atoms with Gasteiger partial charge in [-0.05, 0) is 48.4 Å². The number of nitrogens with zero attached hydrogens (tertiary/aromatic N) is 2. The average molecular weight is 440 g/mol. The van der Waals surface area contributed by atoms with Crippen LogP contribution < -0.4 is 10.1 Å². The first-order valence-corrected chi connectivity index (χ1v) is 11.3. The van der Waals surface area contributed by atoms with E-state index in [1.165, 1.54) is 11.0 Å². The van der Waals surface area contributed by atoms with E-state index in [2.05, 4.69) is 12.2 Å². The first-order valence-electron chi connectivity index (χ1n) is 11.3. The minimum atomic E-state index is -0.346. The lowest BCUT2D eigenvalue weighted by Crippen LogP contribution is -2.45. The molecule has 2 aliphatic rings. The van der Waals surface area contributed by atoms with Gasteiger partial charge in [-0.1, -0.05) is 19.1 Å². The highest BCUT2D eigenvalue weighted by Gasteiger charge is 2.28. The molecule has 1 N–H and O–H groups in total. The first kappa shape index (κ1) is 22.3. The molecule has 1 fully saturated rings. The van der Waals surface area contributed by atoms with Crippen LogP contribution in [-0.2, 0) is 11.3 Å². The fourth-order valence-electron chi connectivity index (χ4n) is 4.29. The lowest BCUT2D eigenvalue weighted by molar-refractivity contribution is -0.132. The quantitative estimate of drug-likeness (QED) is 0.672. The van der Waals surface area contributed by atoms with Crippen LogP contribution in [0.3, 0.4) is 0 Å². The smallest absolute Gasteiger partial charge is 0.254 e. The molecule has 0 unspecified atom stereocenters. The lowest BCUT2D eigenvalue weighted by Gasteiger charge is -2.32. The molecule has 2 heterocycles. The molecule has 0 radical (unpaired) electrons. The Bertz CT molecular complexity index is 985. The second-order valence-corrected chi connectivity index (χ2v) is 8.54. The Morgan fingerprint density at radius 2 is 1.88 bits per heavy atom. The maximum atomic E-state index is 14.5. The molecule has 2 aliphatic heterocycles. The van der Waals surface area contributed by atoms with Crippen LogP contribution in [0.2, 0.25) is 0 Å². The van der Waals surface area contributed by atoms with Crippen molar-refractivity contribution >= 4 is 11.8 Å². The minimum absolute atomic E-state index is 0.0686. The van der Waals surface area contributed by atoms with Crippen LogP contribution in [0.1, 0.15) is 42.1 Å². The van der Waals surface area contributed by atoms with Gasteiger partial charge in [-0.25, -0.2) is 4.39 Å². The van der Waals surface area contributed by atoms with Gasteiger partial charge in [0.1, 0.15) is 17.7 Å². The Kier molecular flexibility index (Phi) is 6.74. The number of likely N-dealkylation sites (tertiary alicyclic amines) is 1. The van der Waals surface area contributed by atoms with Gasteiger partial charge in [0, 0.05) is 50.7 Å². The first-order chi connectivity index (χ1) is 15.5. The van der Waals surface area contributed by atoms with E-state index < -0.39 is 0 Å². The molecule has 0 saturated carbocycles. The normalized spacial score (nSPS) is 16.4. The van der Waals surface area contributed by atoms with Gasteiger partial charge in [-0.15, -0.1) is 0 Å². The number of amides is 2. The molecule has 32 heavy (non-hydrogen) atoms. The fourth-order valence-corrected chi connectivity index (χ4v) is 4.29. The summed E-state index contributed by atoms with van der Waals surface area (Å²) in [6.07, 6.45) is 2.68.